The third kappa shape index (κ3) is 4.69. The summed E-state index contributed by atoms with van der Waals surface area (Å²) in [7, 11) is 2.79. The molecule has 2 heterocycles. The van der Waals surface area contributed by atoms with Crippen LogP contribution in [0, 0.1) is 9.39 Å². The molecule has 2 aromatic carbocycles. The first-order valence-electron chi connectivity index (χ1n) is 10.2. The second kappa shape index (κ2) is 9.37. The van der Waals surface area contributed by atoms with Crippen LogP contribution in [-0.4, -0.2) is 40.9 Å². The summed E-state index contributed by atoms with van der Waals surface area (Å²) >= 11 is 1.96. The fourth-order valence-corrected chi connectivity index (χ4v) is 3.95. The molecule has 0 atom stereocenters. The monoisotopic (exact) mass is 591 g/mol. The van der Waals surface area contributed by atoms with Crippen LogP contribution in [0.15, 0.2) is 53.3 Å². The Morgan fingerprint density at radius 3 is 2.49 bits per heavy atom. The predicted octanol–water partition coefficient (Wildman–Crippen LogP) is 3.16. The van der Waals surface area contributed by atoms with Crippen LogP contribution in [0.5, 0.6) is 11.5 Å². The molecular formula is C23H19FIN5O5. The Bertz CT molecular complexity index is 1440. The number of urea groups is 1. The van der Waals surface area contributed by atoms with Crippen LogP contribution in [0.4, 0.5) is 26.4 Å². The highest BCUT2D eigenvalue weighted by molar-refractivity contribution is 14.1. The molecule has 1 aliphatic heterocycles. The van der Waals surface area contributed by atoms with E-state index in [-0.39, 0.29) is 41.0 Å². The first-order valence-corrected chi connectivity index (χ1v) is 11.3. The normalized spacial score (nSPS) is 13.4. The summed E-state index contributed by atoms with van der Waals surface area (Å²) in [5, 5.41) is 2.76. The molecule has 1 aliphatic rings. The van der Waals surface area contributed by atoms with E-state index in [1.807, 2.05) is 22.6 Å². The van der Waals surface area contributed by atoms with Crippen molar-refractivity contribution in [2.45, 2.75) is 0 Å². The number of carbonyl (C=O) groups excluding carboxylic acids is 3. The summed E-state index contributed by atoms with van der Waals surface area (Å²) in [6.45, 7) is -0.132. The number of carbonyl (C=O) groups is 3. The second-order valence-electron chi connectivity index (χ2n) is 7.66. The number of anilines is 3. The lowest BCUT2D eigenvalue weighted by Gasteiger charge is -2.19. The Kier molecular flexibility index (Phi) is 6.47. The minimum atomic E-state index is -0.915. The highest BCUT2D eigenvalue weighted by atomic mass is 127. The van der Waals surface area contributed by atoms with Crippen molar-refractivity contribution >= 4 is 57.6 Å². The summed E-state index contributed by atoms with van der Waals surface area (Å²) in [6, 6.07) is 11.2. The summed E-state index contributed by atoms with van der Waals surface area (Å²) in [5.41, 5.74) is 5.31. The fraction of sp³-hybridized carbons (Fsp3) is 0.130. The maximum atomic E-state index is 14.5. The fourth-order valence-electron chi connectivity index (χ4n) is 3.50. The van der Waals surface area contributed by atoms with Gasteiger partial charge in [-0.05, 0) is 52.9 Å². The van der Waals surface area contributed by atoms with Crippen molar-refractivity contribution in [3.8, 4) is 11.5 Å². The van der Waals surface area contributed by atoms with Crippen LogP contribution >= 0.6 is 22.6 Å². The van der Waals surface area contributed by atoms with Crippen LogP contribution in [0.1, 0.15) is 10.4 Å². The number of amides is 4. The number of halogens is 2. The molecule has 4 amide bonds. The van der Waals surface area contributed by atoms with Crippen LogP contribution < -0.4 is 26.2 Å². The molecule has 0 spiro atoms. The smallest absolute Gasteiger partial charge is 0.331 e. The second-order valence-corrected chi connectivity index (χ2v) is 8.91. The molecule has 12 heteroatoms. The van der Waals surface area contributed by atoms with Gasteiger partial charge >= 0.3 is 6.03 Å². The number of nitrogens with zero attached hydrogens (tertiary/aromatic N) is 3. The van der Waals surface area contributed by atoms with Gasteiger partial charge in [0.1, 0.15) is 35.2 Å². The summed E-state index contributed by atoms with van der Waals surface area (Å²) in [6.07, 6.45) is 0. The van der Waals surface area contributed by atoms with Gasteiger partial charge in [0.25, 0.3) is 11.5 Å². The number of hydrogen-bond donors (Lipinski definition) is 2. The quantitative estimate of drug-likeness (QED) is 0.335. The number of primary amides is 1. The largest absolute Gasteiger partial charge is 0.456 e. The lowest BCUT2D eigenvalue weighted by atomic mass is 10.2. The molecule has 4 rings (SSSR count). The Morgan fingerprint density at radius 2 is 1.86 bits per heavy atom. The van der Waals surface area contributed by atoms with Crippen LogP contribution in [0.25, 0.3) is 0 Å². The van der Waals surface area contributed by atoms with Gasteiger partial charge in [0.15, 0.2) is 0 Å². The van der Waals surface area contributed by atoms with E-state index in [9.17, 15) is 23.6 Å². The lowest BCUT2D eigenvalue weighted by molar-refractivity contribution is -0.123. The van der Waals surface area contributed by atoms with Crippen molar-refractivity contribution in [2.24, 2.45) is 12.8 Å². The van der Waals surface area contributed by atoms with Crippen LogP contribution in [-0.2, 0) is 11.8 Å². The molecule has 0 bridgehead atoms. The van der Waals surface area contributed by atoms with E-state index in [1.54, 1.807) is 24.3 Å². The molecule has 0 aliphatic carbocycles. The summed E-state index contributed by atoms with van der Waals surface area (Å²) < 4.78 is 22.1. The molecule has 35 heavy (non-hydrogen) atoms. The molecule has 1 aromatic heterocycles. The molecule has 1 saturated heterocycles. The van der Waals surface area contributed by atoms with Gasteiger partial charge in [0, 0.05) is 35.5 Å². The van der Waals surface area contributed by atoms with Crippen molar-refractivity contribution in [3.05, 3.63) is 73.8 Å². The van der Waals surface area contributed by atoms with Crippen molar-refractivity contribution in [3.63, 3.8) is 0 Å². The highest BCUT2D eigenvalue weighted by Crippen LogP contribution is 2.33. The van der Waals surface area contributed by atoms with E-state index >= 15 is 0 Å². The molecule has 0 saturated carbocycles. The number of nitrogens with two attached hydrogens (primary N) is 1. The van der Waals surface area contributed by atoms with Crippen molar-refractivity contribution in [1.29, 1.82) is 0 Å². The zero-order valence-corrected chi connectivity index (χ0v) is 20.7. The van der Waals surface area contributed by atoms with E-state index in [4.69, 9.17) is 10.5 Å². The van der Waals surface area contributed by atoms with E-state index in [0.717, 1.165) is 15.5 Å². The first-order chi connectivity index (χ1) is 16.6. The average Bonchev–Trinajstić information content (AvgIpc) is 3.06. The third-order valence-electron chi connectivity index (χ3n) is 5.38. The van der Waals surface area contributed by atoms with Crippen molar-refractivity contribution in [2.75, 3.05) is 23.8 Å². The SMILES string of the molecule is CN1C(=O)CN(c2cccc(Oc3cc(=O)n(C)c(Nc4ccc(I)cc4F)c3C(N)=O)c2)C1=O. The number of likely N-dealkylation sites (N-methyl/N-ethyl adjacent to an activating group) is 1. The number of rotatable bonds is 6. The van der Waals surface area contributed by atoms with Gasteiger partial charge in [-0.2, -0.15) is 0 Å². The number of ether oxygens (including phenoxy) is 1. The van der Waals surface area contributed by atoms with E-state index in [1.165, 1.54) is 37.2 Å². The van der Waals surface area contributed by atoms with Crippen LogP contribution in [0.3, 0.4) is 0 Å². The molecule has 180 valence electrons. The van der Waals surface area contributed by atoms with Crippen molar-refractivity contribution < 1.29 is 23.5 Å². The minimum absolute atomic E-state index is 0.0309. The van der Waals surface area contributed by atoms with Gasteiger partial charge in [-0.15, -0.1) is 0 Å². The maximum Gasteiger partial charge on any atom is 0.331 e. The average molecular weight is 591 g/mol. The van der Waals surface area contributed by atoms with Gasteiger partial charge in [-0.3, -0.25) is 28.8 Å². The van der Waals surface area contributed by atoms with Gasteiger partial charge in [0.05, 0.1) is 5.69 Å². The molecule has 3 aromatic rings. The van der Waals surface area contributed by atoms with Crippen LogP contribution in [0.2, 0.25) is 0 Å². The van der Waals surface area contributed by atoms with Gasteiger partial charge in [0.2, 0.25) is 5.91 Å². The van der Waals surface area contributed by atoms with Crippen molar-refractivity contribution in [1.82, 2.24) is 9.47 Å². The number of aromatic nitrogens is 1. The summed E-state index contributed by atoms with van der Waals surface area (Å²) in [5.74, 6) is -1.90. The summed E-state index contributed by atoms with van der Waals surface area (Å²) in [4.78, 5) is 51.5. The van der Waals surface area contributed by atoms with E-state index < -0.39 is 23.3 Å². The Hall–Kier alpha value is -3.94. The molecule has 0 unspecified atom stereocenters. The molecule has 1 fully saturated rings. The number of nitrogens with one attached hydrogen (secondary N) is 1. The van der Waals surface area contributed by atoms with E-state index in [0.29, 0.717) is 9.26 Å². The highest BCUT2D eigenvalue weighted by Gasteiger charge is 2.34. The topological polar surface area (TPSA) is 127 Å². The number of benzene rings is 2. The van der Waals surface area contributed by atoms with E-state index in [2.05, 4.69) is 5.32 Å². The first kappa shape index (κ1) is 24.2. The number of pyridine rings is 1. The minimum Gasteiger partial charge on any atom is -0.456 e. The molecule has 3 N–H and O–H groups in total. The van der Waals surface area contributed by atoms with Gasteiger partial charge in [-0.25, -0.2) is 9.18 Å². The molecular weight excluding hydrogens is 572 g/mol. The van der Waals surface area contributed by atoms with Gasteiger partial charge in [-0.1, -0.05) is 6.07 Å². The Morgan fingerprint density at radius 1 is 1.11 bits per heavy atom. The van der Waals surface area contributed by atoms with Gasteiger partial charge < -0.3 is 15.8 Å². The zero-order chi connectivity index (χ0) is 25.4. The number of imide groups is 1. The third-order valence-corrected chi connectivity index (χ3v) is 6.05. The molecule has 0 radical (unpaired) electrons. The number of hydrogen-bond acceptors (Lipinski definition) is 6. The standard InChI is InChI=1S/C23H19FIN5O5/c1-28-18(31)10-17(20(21(26)33)22(28)27-16-7-6-12(25)8-15(16)24)35-14-5-3-4-13(9-14)30-11-19(32)29(2)23(30)34/h3-10,27H,11H2,1-2H3,(H2,26,33). The zero-order valence-electron chi connectivity index (χ0n) is 18.5. The molecule has 10 nitrogen and oxygen atoms in total. The maximum absolute atomic E-state index is 14.5. The Labute approximate surface area is 212 Å². The predicted molar refractivity (Wildman–Crippen MR) is 135 cm³/mol. The Balaban J connectivity index is 1.75. The lowest BCUT2D eigenvalue weighted by Crippen LogP contribution is -2.29.